The Hall–Kier alpha value is -6.37. The molecule has 1 N–H and O–H groups in total. The van der Waals surface area contributed by atoms with Gasteiger partial charge in [-0.2, -0.15) is 0 Å². The first-order valence-electron chi connectivity index (χ1n) is 23.6. The number of thioether (sulfide) groups is 1. The number of aryl methyl sites for hydroxylation is 1. The Morgan fingerprint density at radius 3 is 1.75 bits per heavy atom. The lowest BCUT2D eigenvalue weighted by molar-refractivity contribution is -0.154. The third-order valence-corrected chi connectivity index (χ3v) is 11.2. The summed E-state index contributed by atoms with van der Waals surface area (Å²) >= 11 is 1.75. The van der Waals surface area contributed by atoms with Crippen molar-refractivity contribution < 1.29 is 47.6 Å². The van der Waals surface area contributed by atoms with Gasteiger partial charge >= 0.3 is 11.9 Å². The van der Waals surface area contributed by atoms with E-state index in [4.69, 9.17) is 33.2 Å². The molecule has 0 bridgehead atoms. The molecule has 0 aliphatic rings. The van der Waals surface area contributed by atoms with Gasteiger partial charge in [-0.05, 0) is 160 Å². The van der Waals surface area contributed by atoms with Crippen LogP contribution in [0.4, 0.5) is 0 Å². The van der Waals surface area contributed by atoms with Crippen LogP contribution in [0.3, 0.4) is 0 Å². The van der Waals surface area contributed by atoms with E-state index in [-0.39, 0.29) is 5.60 Å². The number of benzene rings is 4. The molecule has 0 aromatic heterocycles. The van der Waals surface area contributed by atoms with Gasteiger partial charge < -0.3 is 33.7 Å². The highest BCUT2D eigenvalue weighted by Crippen LogP contribution is 2.32. The summed E-state index contributed by atoms with van der Waals surface area (Å²) in [7, 11) is 3.27. The molecular formula is C59H79NO10S. The number of hydrogen-bond donors (Lipinski definition) is 1. The molecule has 0 aliphatic heterocycles. The SMILES string of the molecule is C=C(NC(C)CC)Sc1ccccc1CCC.C=CC(=O)OC(C)(C)CC(C)(C)Oc1ccc(C=O)cc1.C=CC=O.C=Cc1cc(OC)ccc1OC(=O)c1ccc(OC(C)(C)CC(C)(C)OC)cc1. The molecule has 71 heavy (non-hydrogen) atoms. The molecule has 0 amide bonds. The standard InChI is InChI=1S/C24H30O5.C17H22O4.C15H23NS.C3H4O/c1-8-17-15-20(26-6)13-14-21(17)28-22(25)18-9-11-19(12-10-18)29-24(4,5)16-23(2,3)27-7;1-6-15(19)21-17(4,5)12-16(2,3)20-14-9-7-13(11-18)8-10-14;1-5-9-14-10-7-8-11-15(14)17-13(4)16-12(3)6-2;1-2-3-4/h8-15H,1,16H2,2-7H3;6-11H,1,12H2,2-5H3;7-8,10-12,16H,4-6,9H2,1-3H3;2-3H,1H2. The second-order valence-corrected chi connectivity index (χ2v) is 20.0. The minimum atomic E-state index is -0.669. The Balaban J connectivity index is 0.000000530. The number of esters is 2. The fraction of sp³-hybridized carbons (Fsp3) is 0.390. The summed E-state index contributed by atoms with van der Waals surface area (Å²) in [6.45, 7) is 36.5. The van der Waals surface area contributed by atoms with Crippen LogP contribution in [0.1, 0.15) is 134 Å². The monoisotopic (exact) mass is 994 g/mol. The van der Waals surface area contributed by atoms with E-state index in [0.29, 0.717) is 64.9 Å². The van der Waals surface area contributed by atoms with E-state index >= 15 is 0 Å². The summed E-state index contributed by atoms with van der Waals surface area (Å²) in [5.41, 5.74) is 1.20. The maximum Gasteiger partial charge on any atom is 0.343 e. The highest BCUT2D eigenvalue weighted by molar-refractivity contribution is 8.03. The quantitative estimate of drug-likeness (QED) is 0.0235. The van der Waals surface area contributed by atoms with Crippen LogP contribution >= 0.6 is 11.8 Å². The van der Waals surface area contributed by atoms with Gasteiger partial charge in [0, 0.05) is 48.1 Å². The van der Waals surface area contributed by atoms with Gasteiger partial charge in [0.15, 0.2) is 0 Å². The van der Waals surface area contributed by atoms with Gasteiger partial charge in [0.05, 0.1) is 23.3 Å². The highest BCUT2D eigenvalue weighted by Gasteiger charge is 2.33. The Kier molecular flexibility index (Phi) is 27.4. The number of nitrogens with one attached hydrogen (secondary N) is 1. The number of aldehydes is 2. The first kappa shape index (κ1) is 62.6. The maximum atomic E-state index is 12.5. The summed E-state index contributed by atoms with van der Waals surface area (Å²) in [5.74, 6) is 1.52. The van der Waals surface area contributed by atoms with Crippen LogP contribution in [-0.2, 0) is 25.5 Å². The van der Waals surface area contributed by atoms with E-state index in [2.05, 4.69) is 76.7 Å². The van der Waals surface area contributed by atoms with Crippen LogP contribution in [-0.4, -0.2) is 67.2 Å². The molecule has 0 fully saturated rings. The summed E-state index contributed by atoms with van der Waals surface area (Å²) in [6.07, 6.45) is 10.0. The normalized spacial score (nSPS) is 11.4. The zero-order chi connectivity index (χ0) is 53.8. The minimum absolute atomic E-state index is 0.297. The summed E-state index contributed by atoms with van der Waals surface area (Å²) in [4.78, 5) is 44.9. The number of carbonyl (C=O) groups is 4. The van der Waals surface area contributed by atoms with Gasteiger partial charge in [-0.1, -0.05) is 82.6 Å². The van der Waals surface area contributed by atoms with Crippen LogP contribution < -0.4 is 24.3 Å². The van der Waals surface area contributed by atoms with Crippen LogP contribution in [0.2, 0.25) is 0 Å². The lowest BCUT2D eigenvalue weighted by Gasteiger charge is -2.34. The zero-order valence-corrected chi connectivity index (χ0v) is 45.3. The Morgan fingerprint density at radius 1 is 0.732 bits per heavy atom. The Bertz CT molecular complexity index is 2310. The number of carbonyl (C=O) groups excluding carboxylic acids is 4. The first-order valence-corrected chi connectivity index (χ1v) is 24.4. The molecule has 0 saturated heterocycles. The van der Waals surface area contributed by atoms with Gasteiger partial charge in [0.25, 0.3) is 0 Å². The molecule has 0 heterocycles. The van der Waals surface area contributed by atoms with E-state index in [9.17, 15) is 14.4 Å². The van der Waals surface area contributed by atoms with Crippen molar-refractivity contribution in [3.63, 3.8) is 0 Å². The van der Waals surface area contributed by atoms with Crippen molar-refractivity contribution in [1.82, 2.24) is 5.32 Å². The van der Waals surface area contributed by atoms with E-state index in [1.807, 2.05) is 55.4 Å². The molecule has 11 nitrogen and oxygen atoms in total. The molecule has 0 saturated carbocycles. The molecule has 1 atom stereocenters. The van der Waals surface area contributed by atoms with Crippen molar-refractivity contribution in [3.05, 3.63) is 157 Å². The van der Waals surface area contributed by atoms with Gasteiger partial charge in [-0.3, -0.25) is 9.59 Å². The number of ether oxygens (including phenoxy) is 6. The van der Waals surface area contributed by atoms with Crippen molar-refractivity contribution in [1.29, 1.82) is 0 Å². The molecule has 4 aromatic carbocycles. The molecule has 12 heteroatoms. The van der Waals surface area contributed by atoms with E-state index in [1.165, 1.54) is 23.0 Å². The topological polar surface area (TPSA) is 136 Å². The molecule has 386 valence electrons. The number of allylic oxidation sites excluding steroid dienone is 1. The predicted octanol–water partition coefficient (Wildman–Crippen LogP) is 14.0. The van der Waals surface area contributed by atoms with Crippen molar-refractivity contribution in [2.75, 3.05) is 14.2 Å². The van der Waals surface area contributed by atoms with E-state index in [0.717, 1.165) is 30.2 Å². The van der Waals surface area contributed by atoms with Crippen molar-refractivity contribution >= 4 is 42.3 Å². The van der Waals surface area contributed by atoms with Crippen molar-refractivity contribution in [2.24, 2.45) is 0 Å². The summed E-state index contributed by atoms with van der Waals surface area (Å²) in [5, 5.41) is 4.46. The van der Waals surface area contributed by atoms with Gasteiger partial charge in [0.2, 0.25) is 0 Å². The molecule has 0 radical (unpaired) electrons. The maximum absolute atomic E-state index is 12.5. The van der Waals surface area contributed by atoms with Crippen molar-refractivity contribution in [3.8, 4) is 23.0 Å². The van der Waals surface area contributed by atoms with Crippen LogP contribution in [0, 0.1) is 0 Å². The Morgan fingerprint density at radius 2 is 1.27 bits per heavy atom. The van der Waals surface area contributed by atoms with Crippen molar-refractivity contribution in [2.45, 2.75) is 142 Å². The Labute approximate surface area is 429 Å². The lowest BCUT2D eigenvalue weighted by atomic mass is 9.92. The minimum Gasteiger partial charge on any atom is -0.497 e. The summed E-state index contributed by atoms with van der Waals surface area (Å²) < 4.78 is 33.5. The predicted molar refractivity (Wildman–Crippen MR) is 291 cm³/mol. The zero-order valence-electron chi connectivity index (χ0n) is 44.5. The third kappa shape index (κ3) is 25.4. The molecule has 4 aromatic rings. The van der Waals surface area contributed by atoms with E-state index < -0.39 is 28.7 Å². The van der Waals surface area contributed by atoms with Gasteiger partial charge in [0.1, 0.15) is 52.4 Å². The average molecular weight is 994 g/mol. The number of rotatable bonds is 24. The second kappa shape index (κ2) is 31.1. The van der Waals surface area contributed by atoms with Crippen LogP contribution in [0.15, 0.2) is 139 Å². The number of methoxy groups -OCH3 is 2. The van der Waals surface area contributed by atoms with Crippen LogP contribution in [0.25, 0.3) is 6.08 Å². The second-order valence-electron chi connectivity index (χ2n) is 18.8. The van der Waals surface area contributed by atoms with Gasteiger partial charge in [-0.15, -0.1) is 0 Å². The largest absolute Gasteiger partial charge is 0.497 e. The summed E-state index contributed by atoms with van der Waals surface area (Å²) in [6, 6.07) is 28.1. The highest BCUT2D eigenvalue weighted by atomic mass is 32.2. The van der Waals surface area contributed by atoms with Gasteiger partial charge in [-0.25, -0.2) is 9.59 Å². The first-order chi connectivity index (χ1) is 33.3. The fourth-order valence-corrected chi connectivity index (χ4v) is 8.11. The molecule has 0 aliphatic carbocycles. The molecule has 0 spiro atoms. The smallest absolute Gasteiger partial charge is 0.343 e. The third-order valence-electron chi connectivity index (χ3n) is 10.2. The number of hydrogen-bond acceptors (Lipinski definition) is 12. The molecule has 4 rings (SSSR count). The molecular weight excluding hydrogens is 915 g/mol. The molecule has 1 unspecified atom stereocenters. The average Bonchev–Trinajstić information content (AvgIpc) is 3.32. The lowest BCUT2D eigenvalue weighted by Crippen LogP contribution is -2.40. The van der Waals surface area contributed by atoms with E-state index in [1.54, 1.807) is 98.8 Å². The van der Waals surface area contributed by atoms with Crippen LogP contribution in [0.5, 0.6) is 23.0 Å². The fourth-order valence-electron chi connectivity index (χ4n) is 7.14.